The third kappa shape index (κ3) is 6.49. The standard InChI is InChI=1S/C25H36ClN5OS/c1-5-8-9-15-31(24(10-6-2)29-16-18-30(19-17-29)33(32)7-3)25-27-23(20-28(25)4)21-11-13-22(26)14-12-21/h6,10-14,20H,2,5,7-9,15-19H2,1,3-4H3/b24-10-. The molecule has 0 N–H and O–H groups in total. The molecule has 33 heavy (non-hydrogen) atoms. The fraction of sp³-hybridized carbons (Fsp3) is 0.480. The van der Waals surface area contributed by atoms with Crippen molar-refractivity contribution in [3.8, 4) is 11.3 Å². The van der Waals surface area contributed by atoms with Gasteiger partial charge in [0.1, 0.15) is 5.82 Å². The van der Waals surface area contributed by atoms with Crippen LogP contribution in [0.2, 0.25) is 5.02 Å². The number of allylic oxidation sites excluding steroid dienone is 2. The maximum atomic E-state index is 12.3. The molecule has 1 aliphatic rings. The van der Waals surface area contributed by atoms with Gasteiger partial charge in [0.05, 0.1) is 16.7 Å². The van der Waals surface area contributed by atoms with Gasteiger partial charge in [0.15, 0.2) is 0 Å². The zero-order valence-electron chi connectivity index (χ0n) is 20.0. The lowest BCUT2D eigenvalue weighted by molar-refractivity contribution is 0.229. The lowest BCUT2D eigenvalue weighted by Gasteiger charge is -2.40. The van der Waals surface area contributed by atoms with Crippen LogP contribution in [0.25, 0.3) is 11.3 Å². The quantitative estimate of drug-likeness (QED) is 0.326. The molecule has 1 saturated heterocycles. The van der Waals surface area contributed by atoms with E-state index in [-0.39, 0.29) is 0 Å². The van der Waals surface area contributed by atoms with E-state index in [4.69, 9.17) is 16.6 Å². The van der Waals surface area contributed by atoms with Crippen LogP contribution < -0.4 is 4.90 Å². The minimum absolute atomic E-state index is 0.666. The van der Waals surface area contributed by atoms with Crippen molar-refractivity contribution in [2.24, 2.45) is 7.05 Å². The Hall–Kier alpha value is -2.09. The smallest absolute Gasteiger partial charge is 0.211 e. The van der Waals surface area contributed by atoms with Crippen molar-refractivity contribution in [2.75, 3.05) is 43.4 Å². The Morgan fingerprint density at radius 1 is 1.18 bits per heavy atom. The Balaban J connectivity index is 1.90. The Morgan fingerprint density at radius 2 is 1.88 bits per heavy atom. The fourth-order valence-electron chi connectivity index (χ4n) is 4.08. The van der Waals surface area contributed by atoms with Gasteiger partial charge in [0.25, 0.3) is 0 Å². The zero-order valence-corrected chi connectivity index (χ0v) is 21.6. The highest BCUT2D eigenvalue weighted by Crippen LogP contribution is 2.28. The second kappa shape index (κ2) is 12.4. The number of unbranched alkanes of at least 4 members (excludes halogenated alkanes) is 2. The molecule has 1 fully saturated rings. The number of hydrogen-bond donors (Lipinski definition) is 0. The van der Waals surface area contributed by atoms with Crippen LogP contribution in [0, 0.1) is 0 Å². The summed E-state index contributed by atoms with van der Waals surface area (Å²) in [6, 6.07) is 7.80. The van der Waals surface area contributed by atoms with Crippen LogP contribution >= 0.6 is 11.6 Å². The van der Waals surface area contributed by atoms with Crippen molar-refractivity contribution in [3.05, 3.63) is 60.0 Å². The van der Waals surface area contributed by atoms with Crippen LogP contribution in [0.1, 0.15) is 33.1 Å². The molecule has 2 aromatic rings. The molecule has 1 atom stereocenters. The average molecular weight is 490 g/mol. The van der Waals surface area contributed by atoms with Crippen molar-refractivity contribution in [1.82, 2.24) is 18.8 Å². The van der Waals surface area contributed by atoms with Gasteiger partial charge < -0.3 is 9.47 Å². The van der Waals surface area contributed by atoms with E-state index < -0.39 is 11.0 Å². The first-order valence-electron chi connectivity index (χ1n) is 11.8. The second-order valence-corrected chi connectivity index (χ2v) is 10.4. The SMILES string of the molecule is C=C/C=C(/N1CCN(S(=O)CC)CC1)N(CCCCC)c1nc(-c2ccc(Cl)cc2)cn1C. The molecule has 0 amide bonds. The number of halogens is 1. The van der Waals surface area contributed by atoms with E-state index >= 15 is 0 Å². The van der Waals surface area contributed by atoms with Gasteiger partial charge in [0.2, 0.25) is 5.95 Å². The summed E-state index contributed by atoms with van der Waals surface area (Å²) < 4.78 is 16.4. The fourth-order valence-corrected chi connectivity index (χ4v) is 5.14. The number of benzene rings is 1. The van der Waals surface area contributed by atoms with Crippen molar-refractivity contribution >= 4 is 28.5 Å². The summed E-state index contributed by atoms with van der Waals surface area (Å²) in [5.41, 5.74) is 1.96. The Morgan fingerprint density at radius 3 is 2.48 bits per heavy atom. The van der Waals surface area contributed by atoms with Gasteiger partial charge in [-0.1, -0.05) is 63.1 Å². The van der Waals surface area contributed by atoms with Crippen molar-refractivity contribution in [2.45, 2.75) is 33.1 Å². The van der Waals surface area contributed by atoms with Gasteiger partial charge in [0, 0.05) is 62.3 Å². The number of anilines is 1. The predicted octanol–water partition coefficient (Wildman–Crippen LogP) is 5.07. The van der Waals surface area contributed by atoms with Crippen LogP contribution in [0.15, 0.2) is 55.0 Å². The topological polar surface area (TPSA) is 44.6 Å². The number of hydrogen-bond acceptors (Lipinski definition) is 4. The molecule has 3 rings (SSSR count). The number of piperazine rings is 1. The largest absolute Gasteiger partial charge is 0.355 e. The molecule has 0 bridgehead atoms. The number of aryl methyl sites for hydroxylation is 1. The Labute approximate surface area is 206 Å². The van der Waals surface area contributed by atoms with Gasteiger partial charge in [-0.15, -0.1) is 0 Å². The Bertz CT molecular complexity index is 964. The van der Waals surface area contributed by atoms with Crippen LogP contribution in [-0.4, -0.2) is 61.4 Å². The minimum Gasteiger partial charge on any atom is -0.355 e. The lowest BCUT2D eigenvalue weighted by atomic mass is 10.2. The van der Waals surface area contributed by atoms with Crippen LogP contribution in [0.4, 0.5) is 5.95 Å². The molecule has 0 spiro atoms. The number of rotatable bonds is 11. The summed E-state index contributed by atoms with van der Waals surface area (Å²) in [6.45, 7) is 12.3. The van der Waals surface area contributed by atoms with Crippen LogP contribution in [-0.2, 0) is 18.0 Å². The molecular weight excluding hydrogens is 454 g/mol. The molecule has 6 nitrogen and oxygen atoms in total. The summed E-state index contributed by atoms with van der Waals surface area (Å²) in [5.74, 6) is 2.67. The highest BCUT2D eigenvalue weighted by Gasteiger charge is 2.26. The zero-order chi connectivity index (χ0) is 23.8. The van der Waals surface area contributed by atoms with Crippen molar-refractivity contribution < 1.29 is 4.21 Å². The predicted molar refractivity (Wildman–Crippen MR) is 141 cm³/mol. The highest BCUT2D eigenvalue weighted by molar-refractivity contribution is 7.82. The maximum Gasteiger partial charge on any atom is 0.211 e. The Kier molecular flexibility index (Phi) is 9.59. The summed E-state index contributed by atoms with van der Waals surface area (Å²) in [6.07, 6.45) is 9.39. The third-order valence-corrected chi connectivity index (χ3v) is 7.55. The van der Waals surface area contributed by atoms with E-state index in [1.807, 2.05) is 44.3 Å². The maximum absolute atomic E-state index is 12.3. The van der Waals surface area contributed by atoms with Crippen LogP contribution in [0.5, 0.6) is 0 Å². The molecule has 0 radical (unpaired) electrons. The van der Waals surface area contributed by atoms with Gasteiger partial charge in [-0.3, -0.25) is 4.90 Å². The lowest BCUT2D eigenvalue weighted by Crippen LogP contribution is -2.49. The number of aromatic nitrogens is 2. The highest BCUT2D eigenvalue weighted by atomic mass is 35.5. The van der Waals surface area contributed by atoms with Gasteiger partial charge in [-0.2, -0.15) is 0 Å². The van der Waals surface area contributed by atoms with E-state index in [1.54, 1.807) is 0 Å². The van der Waals surface area contributed by atoms with Gasteiger partial charge in [-0.05, 0) is 24.6 Å². The van der Waals surface area contributed by atoms with E-state index in [0.29, 0.717) is 5.75 Å². The summed E-state index contributed by atoms with van der Waals surface area (Å²) in [7, 11) is 1.15. The number of nitrogens with zero attached hydrogens (tertiary/aromatic N) is 5. The third-order valence-electron chi connectivity index (χ3n) is 5.86. The first kappa shape index (κ1) is 25.5. The summed E-state index contributed by atoms with van der Waals surface area (Å²) in [5, 5.41) is 0.718. The monoisotopic (exact) mass is 489 g/mol. The van der Waals surface area contributed by atoms with Gasteiger partial charge >= 0.3 is 0 Å². The van der Waals surface area contributed by atoms with E-state index in [2.05, 4.69) is 44.4 Å². The van der Waals surface area contributed by atoms with Crippen molar-refractivity contribution in [1.29, 1.82) is 0 Å². The number of imidazole rings is 1. The van der Waals surface area contributed by atoms with Gasteiger partial charge in [-0.25, -0.2) is 13.5 Å². The summed E-state index contributed by atoms with van der Waals surface area (Å²) in [4.78, 5) is 9.71. The second-order valence-electron chi connectivity index (χ2n) is 8.19. The average Bonchev–Trinajstić information content (AvgIpc) is 3.22. The molecule has 8 heteroatoms. The van der Waals surface area contributed by atoms with E-state index in [0.717, 1.165) is 80.0 Å². The molecule has 180 valence electrons. The molecule has 1 aliphatic heterocycles. The van der Waals surface area contributed by atoms with Crippen molar-refractivity contribution in [3.63, 3.8) is 0 Å². The molecule has 0 aliphatic carbocycles. The van der Waals surface area contributed by atoms with E-state index in [9.17, 15) is 4.21 Å². The molecule has 1 unspecified atom stereocenters. The molecular formula is C25H36ClN5OS. The normalized spacial score (nSPS) is 16.1. The molecule has 2 heterocycles. The minimum atomic E-state index is -0.894. The first-order chi connectivity index (χ1) is 16.0. The molecule has 0 saturated carbocycles. The van der Waals surface area contributed by atoms with Crippen LogP contribution in [0.3, 0.4) is 0 Å². The molecule has 1 aromatic heterocycles. The van der Waals surface area contributed by atoms with E-state index in [1.165, 1.54) is 0 Å². The molecule has 1 aromatic carbocycles. The first-order valence-corrected chi connectivity index (χ1v) is 13.4. The summed E-state index contributed by atoms with van der Waals surface area (Å²) >= 11 is 6.08.